The van der Waals surface area contributed by atoms with Crippen molar-refractivity contribution in [2.75, 3.05) is 39.0 Å². The number of anilines is 1. The number of carbonyl (C=O) groups is 1. The molecule has 35 heavy (non-hydrogen) atoms. The van der Waals surface area contributed by atoms with Crippen molar-refractivity contribution in [3.8, 4) is 11.5 Å². The highest BCUT2D eigenvalue weighted by molar-refractivity contribution is 6.13. The molecule has 180 valence electrons. The van der Waals surface area contributed by atoms with E-state index < -0.39 is 0 Å². The van der Waals surface area contributed by atoms with Gasteiger partial charge < -0.3 is 19.9 Å². The average Bonchev–Trinajstić information content (AvgIpc) is 3.33. The second-order valence-corrected chi connectivity index (χ2v) is 8.68. The molecule has 3 aromatic rings. The number of rotatable bonds is 9. The molecule has 4 rings (SSSR count). The first-order valence-electron chi connectivity index (χ1n) is 11.6. The van der Waals surface area contributed by atoms with Crippen molar-refractivity contribution in [3.05, 3.63) is 90.4 Å². The fourth-order valence-electron chi connectivity index (χ4n) is 3.84. The lowest BCUT2D eigenvalue weighted by molar-refractivity contribution is -0.125. The van der Waals surface area contributed by atoms with Crippen LogP contribution < -0.4 is 10.1 Å². The van der Waals surface area contributed by atoms with E-state index in [1.54, 1.807) is 12.3 Å². The monoisotopic (exact) mass is 470 g/mol. The number of benzene rings is 2. The van der Waals surface area contributed by atoms with Gasteiger partial charge in [0, 0.05) is 43.5 Å². The molecule has 1 aliphatic rings. The Balaban J connectivity index is 1.39. The smallest absolute Gasteiger partial charge is 0.246 e. The zero-order valence-electron chi connectivity index (χ0n) is 20.0. The minimum absolute atomic E-state index is 0.0182. The maximum atomic E-state index is 12.5. The lowest BCUT2D eigenvalue weighted by atomic mass is 10.0. The minimum Gasteiger partial charge on any atom is -0.457 e. The Kier molecular flexibility index (Phi) is 7.84. The van der Waals surface area contributed by atoms with E-state index in [9.17, 15) is 4.79 Å². The molecular weight excluding hydrogens is 440 g/mol. The van der Waals surface area contributed by atoms with Gasteiger partial charge in [-0.25, -0.2) is 9.97 Å². The van der Waals surface area contributed by atoms with Gasteiger partial charge in [-0.2, -0.15) is 0 Å². The highest BCUT2D eigenvalue weighted by atomic mass is 16.5. The van der Waals surface area contributed by atoms with E-state index in [0.717, 1.165) is 24.3 Å². The molecule has 8 nitrogen and oxygen atoms in total. The van der Waals surface area contributed by atoms with Crippen LogP contribution in [-0.4, -0.2) is 71.2 Å². The summed E-state index contributed by atoms with van der Waals surface area (Å²) in [5, 5.41) is 12.2. The standard InChI is InChI=1S/C27H30N6O2/c1-32(2)15-6-9-25(34)33-16-14-21(18-33)31-27-24(17-29-19-30-27)26(28)20-10-12-23(13-11-20)35-22-7-4-3-5-8-22/h3-13,17,19,21,28H,14-16,18H2,1-2H3,(H,29,30,31)/b9-6+,28-26?/t21-/m1/s1. The molecule has 1 atom stereocenters. The quantitative estimate of drug-likeness (QED) is 0.365. The van der Waals surface area contributed by atoms with Crippen LogP contribution >= 0.6 is 0 Å². The van der Waals surface area contributed by atoms with E-state index >= 15 is 0 Å². The number of hydrogen-bond acceptors (Lipinski definition) is 7. The summed E-state index contributed by atoms with van der Waals surface area (Å²) in [6.07, 6.45) is 7.45. The molecule has 1 amide bonds. The third-order valence-corrected chi connectivity index (χ3v) is 5.68. The van der Waals surface area contributed by atoms with Gasteiger partial charge in [-0.15, -0.1) is 0 Å². The molecule has 1 aliphatic heterocycles. The fourth-order valence-corrected chi connectivity index (χ4v) is 3.84. The summed E-state index contributed by atoms with van der Waals surface area (Å²) in [5.74, 6) is 2.07. The minimum atomic E-state index is 0.0182. The lowest BCUT2D eigenvalue weighted by Crippen LogP contribution is -2.31. The van der Waals surface area contributed by atoms with E-state index in [2.05, 4.69) is 15.3 Å². The van der Waals surface area contributed by atoms with Gasteiger partial charge in [0.05, 0.1) is 11.3 Å². The Morgan fingerprint density at radius 1 is 1.17 bits per heavy atom. The van der Waals surface area contributed by atoms with Gasteiger partial charge in [0.15, 0.2) is 0 Å². The Labute approximate surface area is 205 Å². The maximum Gasteiger partial charge on any atom is 0.246 e. The Morgan fingerprint density at radius 3 is 2.66 bits per heavy atom. The largest absolute Gasteiger partial charge is 0.457 e. The van der Waals surface area contributed by atoms with Crippen LogP contribution in [0.4, 0.5) is 5.82 Å². The first-order valence-corrected chi connectivity index (χ1v) is 11.6. The van der Waals surface area contributed by atoms with Crippen molar-refractivity contribution in [2.45, 2.75) is 12.5 Å². The van der Waals surface area contributed by atoms with E-state index in [4.69, 9.17) is 10.1 Å². The number of ether oxygens (including phenoxy) is 1. The number of hydrogen-bond donors (Lipinski definition) is 2. The fraction of sp³-hybridized carbons (Fsp3) is 0.259. The first-order chi connectivity index (χ1) is 17.0. The van der Waals surface area contributed by atoms with Crippen molar-refractivity contribution < 1.29 is 9.53 Å². The second-order valence-electron chi connectivity index (χ2n) is 8.68. The maximum absolute atomic E-state index is 12.5. The summed E-state index contributed by atoms with van der Waals surface area (Å²) < 4.78 is 5.85. The van der Waals surface area contributed by atoms with Gasteiger partial charge in [-0.3, -0.25) is 10.2 Å². The number of carbonyl (C=O) groups excluding carboxylic acids is 1. The normalized spacial score (nSPS) is 15.5. The van der Waals surface area contributed by atoms with Gasteiger partial charge in [0.25, 0.3) is 0 Å². The Bertz CT molecular complexity index is 1180. The molecule has 2 N–H and O–H groups in total. The average molecular weight is 471 g/mol. The predicted octanol–water partition coefficient (Wildman–Crippen LogP) is 3.82. The first kappa shape index (κ1) is 24.1. The molecule has 0 saturated carbocycles. The molecule has 8 heteroatoms. The van der Waals surface area contributed by atoms with Crippen molar-refractivity contribution in [3.63, 3.8) is 0 Å². The summed E-state index contributed by atoms with van der Waals surface area (Å²) in [5.41, 5.74) is 1.66. The van der Waals surface area contributed by atoms with Gasteiger partial charge in [0.2, 0.25) is 5.91 Å². The van der Waals surface area contributed by atoms with Crippen LogP contribution in [0.5, 0.6) is 11.5 Å². The Hall–Kier alpha value is -4.04. The van der Waals surface area contributed by atoms with Crippen LogP contribution in [0.2, 0.25) is 0 Å². The molecule has 1 fully saturated rings. The zero-order chi connectivity index (χ0) is 24.6. The van der Waals surface area contributed by atoms with Crippen molar-refractivity contribution in [2.24, 2.45) is 0 Å². The predicted molar refractivity (Wildman–Crippen MR) is 137 cm³/mol. The number of nitrogens with zero attached hydrogens (tertiary/aromatic N) is 4. The van der Waals surface area contributed by atoms with Crippen LogP contribution in [0, 0.1) is 5.41 Å². The molecule has 1 saturated heterocycles. The number of amides is 1. The molecule has 2 aromatic carbocycles. The number of aromatic nitrogens is 2. The van der Waals surface area contributed by atoms with E-state index in [1.165, 1.54) is 6.33 Å². The molecule has 0 aliphatic carbocycles. The second kappa shape index (κ2) is 11.4. The van der Waals surface area contributed by atoms with Gasteiger partial charge in [0.1, 0.15) is 23.6 Å². The number of likely N-dealkylation sites (tertiary alicyclic amines) is 1. The summed E-state index contributed by atoms with van der Waals surface area (Å²) in [4.78, 5) is 24.8. The third-order valence-electron chi connectivity index (χ3n) is 5.68. The van der Waals surface area contributed by atoms with Crippen molar-refractivity contribution in [1.29, 1.82) is 5.41 Å². The molecule has 0 radical (unpaired) electrons. The van der Waals surface area contributed by atoms with E-state index in [0.29, 0.717) is 35.9 Å². The van der Waals surface area contributed by atoms with E-state index in [-0.39, 0.29) is 11.9 Å². The highest BCUT2D eigenvalue weighted by Crippen LogP contribution is 2.24. The summed E-state index contributed by atoms with van der Waals surface area (Å²) in [7, 11) is 3.93. The molecule has 0 unspecified atom stereocenters. The molecule has 1 aromatic heterocycles. The Morgan fingerprint density at radius 2 is 1.91 bits per heavy atom. The summed E-state index contributed by atoms with van der Waals surface area (Å²) in [6.45, 7) is 2.00. The van der Waals surface area contributed by atoms with Gasteiger partial charge in [-0.1, -0.05) is 24.3 Å². The van der Waals surface area contributed by atoms with Crippen LogP contribution in [0.1, 0.15) is 17.5 Å². The van der Waals surface area contributed by atoms with Crippen LogP contribution in [0.3, 0.4) is 0 Å². The summed E-state index contributed by atoms with van der Waals surface area (Å²) >= 11 is 0. The molecule has 0 bridgehead atoms. The van der Waals surface area contributed by atoms with Crippen molar-refractivity contribution in [1.82, 2.24) is 19.8 Å². The topological polar surface area (TPSA) is 94.4 Å². The number of nitrogens with one attached hydrogen (secondary N) is 2. The molecule has 2 heterocycles. The third kappa shape index (κ3) is 6.51. The molecule has 0 spiro atoms. The number of para-hydroxylation sites is 1. The summed E-state index contributed by atoms with van der Waals surface area (Å²) in [6, 6.07) is 17.0. The van der Waals surface area contributed by atoms with Crippen LogP contribution in [0.15, 0.2) is 79.3 Å². The SMILES string of the molecule is CN(C)C/C=C/C(=O)N1CC[C@@H](Nc2ncncc2C(=N)c2ccc(Oc3ccccc3)cc2)C1. The van der Waals surface area contributed by atoms with Crippen molar-refractivity contribution >= 4 is 17.4 Å². The molecular formula is C27H30N6O2. The van der Waals surface area contributed by atoms with Crippen LogP contribution in [-0.2, 0) is 4.79 Å². The number of likely N-dealkylation sites (N-methyl/N-ethyl adjacent to an activating group) is 1. The van der Waals surface area contributed by atoms with Crippen LogP contribution in [0.25, 0.3) is 0 Å². The highest BCUT2D eigenvalue weighted by Gasteiger charge is 2.26. The lowest BCUT2D eigenvalue weighted by Gasteiger charge is -2.18. The van der Waals surface area contributed by atoms with Gasteiger partial charge >= 0.3 is 0 Å². The van der Waals surface area contributed by atoms with E-state index in [1.807, 2.05) is 84.6 Å². The zero-order valence-corrected chi connectivity index (χ0v) is 20.0. The van der Waals surface area contributed by atoms with Gasteiger partial charge in [-0.05, 0) is 56.9 Å².